The molecule has 6 heteroatoms. The zero-order valence-corrected chi connectivity index (χ0v) is 16.7. The van der Waals surface area contributed by atoms with Gasteiger partial charge in [-0.25, -0.2) is 12.7 Å². The Hall–Kier alpha value is -1.40. The second-order valence-corrected chi connectivity index (χ2v) is 10.5. The molecule has 2 aliphatic heterocycles. The van der Waals surface area contributed by atoms with Gasteiger partial charge in [0.15, 0.2) is 0 Å². The quantitative estimate of drug-likeness (QED) is 0.791. The highest BCUT2D eigenvalue weighted by Crippen LogP contribution is 2.41. The van der Waals surface area contributed by atoms with Crippen LogP contribution in [0.15, 0.2) is 30.3 Å². The van der Waals surface area contributed by atoms with Crippen molar-refractivity contribution >= 4 is 15.9 Å². The van der Waals surface area contributed by atoms with E-state index < -0.39 is 10.0 Å². The van der Waals surface area contributed by atoms with Crippen LogP contribution in [0, 0.1) is 5.41 Å². The number of benzene rings is 1. The molecule has 3 rings (SSSR count). The van der Waals surface area contributed by atoms with E-state index in [1.165, 1.54) is 5.56 Å². The van der Waals surface area contributed by atoms with Crippen molar-refractivity contribution in [2.24, 2.45) is 5.41 Å². The number of amides is 1. The average Bonchev–Trinajstić information content (AvgIpc) is 2.64. The van der Waals surface area contributed by atoms with Gasteiger partial charge in [0.1, 0.15) is 0 Å². The van der Waals surface area contributed by atoms with Crippen LogP contribution in [0.5, 0.6) is 0 Å². The third-order valence-electron chi connectivity index (χ3n) is 6.00. The summed E-state index contributed by atoms with van der Waals surface area (Å²) in [5, 5.41) is -0.369. The van der Waals surface area contributed by atoms with Gasteiger partial charge in [0, 0.05) is 32.6 Å². The summed E-state index contributed by atoms with van der Waals surface area (Å²) in [5.74, 6) is 0.240. The lowest BCUT2D eigenvalue weighted by Crippen LogP contribution is -2.53. The van der Waals surface area contributed by atoms with Crippen molar-refractivity contribution in [2.75, 3.05) is 26.2 Å². The highest BCUT2D eigenvalue weighted by Gasteiger charge is 2.43. The van der Waals surface area contributed by atoms with E-state index in [9.17, 15) is 13.2 Å². The topological polar surface area (TPSA) is 57.7 Å². The Labute approximate surface area is 157 Å². The van der Waals surface area contributed by atoms with E-state index in [2.05, 4.69) is 12.1 Å². The number of nitrogens with zero attached hydrogens (tertiary/aromatic N) is 2. The summed E-state index contributed by atoms with van der Waals surface area (Å²) < 4.78 is 26.4. The number of hydrogen-bond donors (Lipinski definition) is 0. The van der Waals surface area contributed by atoms with Crippen molar-refractivity contribution in [1.82, 2.24) is 9.21 Å². The molecular formula is C20H30N2O3S. The van der Waals surface area contributed by atoms with E-state index in [1.54, 1.807) is 18.2 Å². The van der Waals surface area contributed by atoms with E-state index in [0.29, 0.717) is 19.5 Å². The molecular weight excluding hydrogens is 348 g/mol. The zero-order valence-electron chi connectivity index (χ0n) is 15.9. The highest BCUT2D eigenvalue weighted by atomic mass is 32.2. The number of carbonyl (C=O) groups is 1. The molecule has 2 heterocycles. The SMILES string of the molecule is CC(C)S(=O)(=O)N1CCC2(CCC(=O)N(CCc3ccccc3)C2)CC1. The lowest BCUT2D eigenvalue weighted by atomic mass is 9.72. The summed E-state index contributed by atoms with van der Waals surface area (Å²) in [5.41, 5.74) is 1.34. The lowest BCUT2D eigenvalue weighted by Gasteiger charge is -2.47. The largest absolute Gasteiger partial charge is 0.342 e. The number of piperidine rings is 2. The molecule has 0 unspecified atom stereocenters. The summed E-state index contributed by atoms with van der Waals surface area (Å²) in [4.78, 5) is 14.4. The smallest absolute Gasteiger partial charge is 0.222 e. The van der Waals surface area contributed by atoms with E-state index >= 15 is 0 Å². The molecule has 1 aromatic carbocycles. The van der Waals surface area contributed by atoms with Crippen molar-refractivity contribution < 1.29 is 13.2 Å². The van der Waals surface area contributed by atoms with E-state index in [0.717, 1.165) is 38.8 Å². The number of sulfonamides is 1. The first kappa shape index (κ1) is 19.4. The number of rotatable bonds is 5. The van der Waals surface area contributed by atoms with E-state index in [-0.39, 0.29) is 16.6 Å². The maximum absolute atomic E-state index is 12.4. The Kier molecular flexibility index (Phi) is 5.72. The minimum absolute atomic E-state index is 0.0909. The third-order valence-corrected chi connectivity index (χ3v) is 8.28. The van der Waals surface area contributed by atoms with E-state index in [4.69, 9.17) is 0 Å². The van der Waals surface area contributed by atoms with Crippen molar-refractivity contribution in [3.63, 3.8) is 0 Å². The van der Waals surface area contributed by atoms with Gasteiger partial charge in [0.25, 0.3) is 0 Å². The van der Waals surface area contributed by atoms with Crippen LogP contribution in [0.1, 0.15) is 45.1 Å². The first-order chi connectivity index (χ1) is 12.3. The van der Waals surface area contributed by atoms with Crippen LogP contribution in [0.25, 0.3) is 0 Å². The molecule has 144 valence electrons. The number of hydrogen-bond acceptors (Lipinski definition) is 3. The van der Waals surface area contributed by atoms with Gasteiger partial charge in [-0.05, 0) is 50.5 Å². The maximum atomic E-state index is 12.4. The lowest BCUT2D eigenvalue weighted by molar-refractivity contribution is -0.138. The van der Waals surface area contributed by atoms with Gasteiger partial charge < -0.3 is 4.90 Å². The molecule has 26 heavy (non-hydrogen) atoms. The predicted octanol–water partition coefficient (Wildman–Crippen LogP) is 2.67. The standard InChI is InChI=1S/C20H30N2O3S/c1-17(2)26(24,25)22-14-11-20(12-15-22)10-8-19(23)21(16-20)13-9-18-6-4-3-5-7-18/h3-7,17H,8-16H2,1-2H3. The molecule has 0 aromatic heterocycles. The highest BCUT2D eigenvalue weighted by molar-refractivity contribution is 7.89. The monoisotopic (exact) mass is 378 g/mol. The predicted molar refractivity (Wildman–Crippen MR) is 103 cm³/mol. The normalized spacial score (nSPS) is 21.5. The fourth-order valence-corrected chi connectivity index (χ4v) is 5.42. The van der Waals surface area contributed by atoms with Gasteiger partial charge in [0.05, 0.1) is 5.25 Å². The van der Waals surface area contributed by atoms with Crippen LogP contribution in [-0.2, 0) is 21.2 Å². The number of likely N-dealkylation sites (tertiary alicyclic amines) is 1. The van der Waals surface area contributed by atoms with Crippen molar-refractivity contribution in [2.45, 2.75) is 51.2 Å². The van der Waals surface area contributed by atoms with Gasteiger partial charge in [-0.1, -0.05) is 30.3 Å². The first-order valence-electron chi connectivity index (χ1n) is 9.63. The number of carbonyl (C=O) groups excluding carboxylic acids is 1. The molecule has 2 aliphatic rings. The van der Waals surface area contributed by atoms with Crippen molar-refractivity contribution in [1.29, 1.82) is 0 Å². The summed E-state index contributed by atoms with van der Waals surface area (Å²) in [6.07, 6.45) is 4.06. The molecule has 0 bridgehead atoms. The van der Waals surface area contributed by atoms with Gasteiger partial charge in [0.2, 0.25) is 15.9 Å². The van der Waals surface area contributed by atoms with Crippen LogP contribution in [0.4, 0.5) is 0 Å². The molecule has 2 saturated heterocycles. The molecule has 2 fully saturated rings. The van der Waals surface area contributed by atoms with E-state index in [1.807, 2.05) is 23.1 Å². The molecule has 0 N–H and O–H groups in total. The summed E-state index contributed by atoms with van der Waals surface area (Å²) in [6.45, 7) is 6.17. The van der Waals surface area contributed by atoms with Gasteiger partial charge >= 0.3 is 0 Å². The molecule has 5 nitrogen and oxygen atoms in total. The Morgan fingerprint density at radius 3 is 2.35 bits per heavy atom. The van der Waals surface area contributed by atoms with Crippen LogP contribution >= 0.6 is 0 Å². The molecule has 0 atom stereocenters. The summed E-state index contributed by atoms with van der Waals surface area (Å²) in [6, 6.07) is 10.3. The molecule has 0 aliphatic carbocycles. The van der Waals surface area contributed by atoms with Gasteiger partial charge in [-0.15, -0.1) is 0 Å². The molecule has 1 amide bonds. The van der Waals surface area contributed by atoms with Crippen molar-refractivity contribution in [3.05, 3.63) is 35.9 Å². The molecule has 1 aromatic rings. The van der Waals surface area contributed by atoms with Gasteiger partial charge in [-0.3, -0.25) is 4.79 Å². The molecule has 0 radical (unpaired) electrons. The fraction of sp³-hybridized carbons (Fsp3) is 0.650. The van der Waals surface area contributed by atoms with Crippen LogP contribution in [0.2, 0.25) is 0 Å². The minimum atomic E-state index is -3.17. The van der Waals surface area contributed by atoms with Crippen LogP contribution in [-0.4, -0.2) is 55.0 Å². The minimum Gasteiger partial charge on any atom is -0.342 e. The second-order valence-electron chi connectivity index (χ2n) is 8.04. The Morgan fingerprint density at radius 2 is 1.73 bits per heavy atom. The third kappa shape index (κ3) is 4.12. The Morgan fingerprint density at radius 1 is 1.08 bits per heavy atom. The Bertz CT molecular complexity index is 723. The van der Waals surface area contributed by atoms with Crippen LogP contribution < -0.4 is 0 Å². The van der Waals surface area contributed by atoms with Gasteiger partial charge in [-0.2, -0.15) is 0 Å². The maximum Gasteiger partial charge on any atom is 0.222 e. The summed E-state index contributed by atoms with van der Waals surface area (Å²) in [7, 11) is -3.17. The average molecular weight is 379 g/mol. The Balaban J connectivity index is 1.60. The second kappa shape index (κ2) is 7.69. The first-order valence-corrected chi connectivity index (χ1v) is 11.1. The zero-order chi connectivity index (χ0) is 18.8. The molecule has 0 saturated carbocycles. The fourth-order valence-electron chi connectivity index (χ4n) is 4.14. The van der Waals surface area contributed by atoms with Crippen molar-refractivity contribution in [3.8, 4) is 0 Å². The molecule has 1 spiro atoms. The summed E-state index contributed by atoms with van der Waals surface area (Å²) >= 11 is 0. The van der Waals surface area contributed by atoms with Crippen LogP contribution in [0.3, 0.4) is 0 Å².